The first-order valence-electron chi connectivity index (χ1n) is 6.41. The van der Waals surface area contributed by atoms with Gasteiger partial charge in [0.15, 0.2) is 0 Å². The molecular formula is C15H14F3NO2S. The largest absolute Gasteiger partial charge is 0.416 e. The van der Waals surface area contributed by atoms with Gasteiger partial charge >= 0.3 is 6.18 Å². The van der Waals surface area contributed by atoms with Gasteiger partial charge in [0.1, 0.15) is 0 Å². The van der Waals surface area contributed by atoms with Gasteiger partial charge in [0.25, 0.3) is 0 Å². The van der Waals surface area contributed by atoms with Crippen LogP contribution in [0.2, 0.25) is 0 Å². The van der Waals surface area contributed by atoms with Crippen LogP contribution in [0.5, 0.6) is 0 Å². The van der Waals surface area contributed by atoms with Crippen molar-refractivity contribution in [2.24, 2.45) is 0 Å². The van der Waals surface area contributed by atoms with Crippen LogP contribution in [0.25, 0.3) is 0 Å². The Morgan fingerprint density at radius 3 is 2.00 bits per heavy atom. The number of nitrogens with one attached hydrogen (secondary N) is 1. The maximum Gasteiger partial charge on any atom is 0.416 e. The van der Waals surface area contributed by atoms with Crippen LogP contribution in [0.4, 0.5) is 13.2 Å². The zero-order valence-electron chi connectivity index (χ0n) is 11.7. The Hall–Kier alpha value is -1.86. The van der Waals surface area contributed by atoms with Crippen molar-refractivity contribution >= 4 is 10.0 Å². The number of rotatable bonds is 4. The highest BCUT2D eigenvalue weighted by Gasteiger charge is 2.30. The van der Waals surface area contributed by atoms with Crippen LogP contribution in [0.1, 0.15) is 16.7 Å². The second-order valence-corrected chi connectivity index (χ2v) is 6.60. The lowest BCUT2D eigenvalue weighted by atomic mass is 10.2. The maximum atomic E-state index is 12.5. The number of hydrogen-bond donors (Lipinski definition) is 1. The van der Waals surface area contributed by atoms with E-state index in [9.17, 15) is 21.6 Å². The Morgan fingerprint density at radius 1 is 0.955 bits per heavy atom. The molecule has 0 saturated carbocycles. The van der Waals surface area contributed by atoms with Crippen molar-refractivity contribution in [2.45, 2.75) is 24.5 Å². The Kier molecular flexibility index (Phi) is 4.58. The van der Waals surface area contributed by atoms with E-state index in [-0.39, 0.29) is 11.4 Å². The third kappa shape index (κ3) is 4.08. The number of benzene rings is 2. The summed E-state index contributed by atoms with van der Waals surface area (Å²) >= 11 is 0. The van der Waals surface area contributed by atoms with Gasteiger partial charge in [0.05, 0.1) is 10.5 Å². The predicted octanol–water partition coefficient (Wildman–Crippen LogP) is 3.49. The predicted molar refractivity (Wildman–Crippen MR) is 76.6 cm³/mol. The molecule has 0 saturated heterocycles. The lowest BCUT2D eigenvalue weighted by Gasteiger charge is -2.09. The molecule has 0 heterocycles. The summed E-state index contributed by atoms with van der Waals surface area (Å²) in [5, 5.41) is 0. The van der Waals surface area contributed by atoms with Gasteiger partial charge in [-0.15, -0.1) is 0 Å². The van der Waals surface area contributed by atoms with Crippen LogP contribution in [0, 0.1) is 6.92 Å². The minimum Gasteiger partial charge on any atom is -0.207 e. The number of hydrogen-bond acceptors (Lipinski definition) is 2. The highest BCUT2D eigenvalue weighted by Crippen LogP contribution is 2.29. The van der Waals surface area contributed by atoms with Crippen molar-refractivity contribution in [3.8, 4) is 0 Å². The fraction of sp³-hybridized carbons (Fsp3) is 0.200. The fourth-order valence-electron chi connectivity index (χ4n) is 1.79. The molecule has 0 atom stereocenters. The number of aryl methyl sites for hydroxylation is 1. The zero-order valence-corrected chi connectivity index (χ0v) is 12.5. The molecule has 0 unspecified atom stereocenters. The zero-order chi connectivity index (χ0) is 16.4. The highest BCUT2D eigenvalue weighted by molar-refractivity contribution is 7.89. The van der Waals surface area contributed by atoms with Gasteiger partial charge in [-0.05, 0) is 36.8 Å². The van der Waals surface area contributed by atoms with Crippen LogP contribution < -0.4 is 4.72 Å². The van der Waals surface area contributed by atoms with E-state index in [0.717, 1.165) is 35.4 Å². The van der Waals surface area contributed by atoms with E-state index >= 15 is 0 Å². The molecule has 3 nitrogen and oxygen atoms in total. The molecule has 1 N–H and O–H groups in total. The van der Waals surface area contributed by atoms with Crippen molar-refractivity contribution in [3.63, 3.8) is 0 Å². The molecule has 0 fully saturated rings. The normalized spacial score (nSPS) is 12.4. The molecule has 0 aliphatic heterocycles. The monoisotopic (exact) mass is 329 g/mol. The summed E-state index contributed by atoms with van der Waals surface area (Å²) in [5.74, 6) is 0. The Bertz CT molecular complexity index is 736. The van der Waals surface area contributed by atoms with Gasteiger partial charge in [-0.1, -0.05) is 29.8 Å². The molecule has 0 spiro atoms. The van der Waals surface area contributed by atoms with E-state index < -0.39 is 21.8 Å². The summed E-state index contributed by atoms with van der Waals surface area (Å²) in [5.41, 5.74) is 0.931. The third-order valence-electron chi connectivity index (χ3n) is 3.08. The smallest absolute Gasteiger partial charge is 0.207 e. The van der Waals surface area contributed by atoms with Gasteiger partial charge in [0, 0.05) is 6.54 Å². The molecule has 0 aromatic heterocycles. The molecule has 0 aliphatic carbocycles. The van der Waals surface area contributed by atoms with E-state index in [2.05, 4.69) is 4.72 Å². The summed E-state index contributed by atoms with van der Waals surface area (Å²) in [7, 11) is -3.85. The summed E-state index contributed by atoms with van der Waals surface area (Å²) in [4.78, 5) is -0.201. The van der Waals surface area contributed by atoms with Crippen LogP contribution in [0.3, 0.4) is 0 Å². The Balaban J connectivity index is 2.11. The van der Waals surface area contributed by atoms with E-state index in [1.165, 1.54) is 0 Å². The Labute approximate surface area is 126 Å². The average Bonchev–Trinajstić information content (AvgIpc) is 2.46. The number of alkyl halides is 3. The third-order valence-corrected chi connectivity index (χ3v) is 4.50. The second-order valence-electron chi connectivity index (χ2n) is 4.83. The molecule has 118 valence electrons. The first kappa shape index (κ1) is 16.5. The fourth-order valence-corrected chi connectivity index (χ4v) is 2.81. The maximum absolute atomic E-state index is 12.5. The van der Waals surface area contributed by atoms with E-state index in [1.807, 2.05) is 19.1 Å². The molecule has 2 aromatic rings. The lowest BCUT2D eigenvalue weighted by Crippen LogP contribution is -2.23. The molecule has 2 rings (SSSR count). The SMILES string of the molecule is Cc1ccc(CNS(=O)(=O)c2ccc(C(F)(F)F)cc2)cc1. The summed E-state index contributed by atoms with van der Waals surface area (Å²) in [6.45, 7) is 1.99. The quantitative estimate of drug-likeness (QED) is 0.933. The molecule has 7 heteroatoms. The van der Waals surface area contributed by atoms with Crippen molar-refractivity contribution in [3.05, 3.63) is 65.2 Å². The van der Waals surface area contributed by atoms with Gasteiger partial charge in [-0.25, -0.2) is 13.1 Å². The minimum atomic E-state index is -4.49. The molecule has 22 heavy (non-hydrogen) atoms. The minimum absolute atomic E-state index is 0.0731. The van der Waals surface area contributed by atoms with Crippen LogP contribution >= 0.6 is 0 Å². The molecule has 0 radical (unpaired) electrons. The van der Waals surface area contributed by atoms with Gasteiger partial charge in [-0.3, -0.25) is 0 Å². The van der Waals surface area contributed by atoms with Crippen LogP contribution in [-0.4, -0.2) is 8.42 Å². The number of sulfonamides is 1. The highest BCUT2D eigenvalue weighted by atomic mass is 32.2. The van der Waals surface area contributed by atoms with Gasteiger partial charge in [0.2, 0.25) is 10.0 Å². The lowest BCUT2D eigenvalue weighted by molar-refractivity contribution is -0.137. The van der Waals surface area contributed by atoms with Gasteiger partial charge < -0.3 is 0 Å². The standard InChI is InChI=1S/C15H14F3NO2S/c1-11-2-4-12(5-3-11)10-19-22(20,21)14-8-6-13(7-9-14)15(16,17)18/h2-9,19H,10H2,1H3. The molecular weight excluding hydrogens is 315 g/mol. The van der Waals surface area contributed by atoms with E-state index in [1.54, 1.807) is 12.1 Å². The van der Waals surface area contributed by atoms with E-state index in [4.69, 9.17) is 0 Å². The first-order chi connectivity index (χ1) is 10.2. The molecule has 0 amide bonds. The second kappa shape index (κ2) is 6.10. The van der Waals surface area contributed by atoms with Crippen LogP contribution in [-0.2, 0) is 22.7 Å². The molecule has 0 aliphatic rings. The summed E-state index contributed by atoms with van der Waals surface area (Å²) in [6, 6.07) is 10.7. The van der Waals surface area contributed by atoms with Crippen molar-refractivity contribution in [1.82, 2.24) is 4.72 Å². The summed E-state index contributed by atoms with van der Waals surface area (Å²) in [6.07, 6.45) is -4.49. The summed E-state index contributed by atoms with van der Waals surface area (Å²) < 4.78 is 63.8. The van der Waals surface area contributed by atoms with Crippen molar-refractivity contribution < 1.29 is 21.6 Å². The van der Waals surface area contributed by atoms with Crippen molar-refractivity contribution in [1.29, 1.82) is 0 Å². The molecule has 0 bridgehead atoms. The molecule has 2 aromatic carbocycles. The Morgan fingerprint density at radius 2 is 1.50 bits per heavy atom. The van der Waals surface area contributed by atoms with Crippen molar-refractivity contribution in [2.75, 3.05) is 0 Å². The topological polar surface area (TPSA) is 46.2 Å². The van der Waals surface area contributed by atoms with Gasteiger partial charge in [-0.2, -0.15) is 13.2 Å². The first-order valence-corrected chi connectivity index (χ1v) is 7.89. The number of halogens is 3. The van der Waals surface area contributed by atoms with Crippen LogP contribution in [0.15, 0.2) is 53.4 Å². The average molecular weight is 329 g/mol. The van der Waals surface area contributed by atoms with E-state index in [0.29, 0.717) is 0 Å².